The van der Waals surface area contributed by atoms with E-state index in [-0.39, 0.29) is 5.54 Å². The molecule has 2 atom stereocenters. The highest BCUT2D eigenvalue weighted by Crippen LogP contribution is 2.43. The molecule has 0 amide bonds. The molecule has 2 unspecified atom stereocenters. The van der Waals surface area contributed by atoms with Gasteiger partial charge in [-0.25, -0.2) is 0 Å². The Morgan fingerprint density at radius 3 is 2.38 bits per heavy atom. The molecule has 0 heterocycles. The van der Waals surface area contributed by atoms with Crippen LogP contribution >= 0.6 is 0 Å². The summed E-state index contributed by atoms with van der Waals surface area (Å²) in [6, 6.07) is 0. The summed E-state index contributed by atoms with van der Waals surface area (Å²) < 4.78 is 0. The highest BCUT2D eigenvalue weighted by atomic mass is 14.8. The van der Waals surface area contributed by atoms with Gasteiger partial charge in [0.15, 0.2) is 0 Å². The van der Waals surface area contributed by atoms with Crippen molar-refractivity contribution in [2.24, 2.45) is 17.1 Å². The minimum absolute atomic E-state index is 0.122. The van der Waals surface area contributed by atoms with Crippen LogP contribution in [0.25, 0.3) is 0 Å². The largest absolute Gasteiger partial charge is 0.325 e. The van der Waals surface area contributed by atoms with Gasteiger partial charge in [-0.05, 0) is 30.6 Å². The van der Waals surface area contributed by atoms with Gasteiger partial charge < -0.3 is 5.73 Å². The third kappa shape index (κ3) is 2.46. The van der Waals surface area contributed by atoms with Gasteiger partial charge in [-0.15, -0.1) is 0 Å². The van der Waals surface area contributed by atoms with Crippen molar-refractivity contribution in [2.75, 3.05) is 0 Å². The molecule has 0 aromatic carbocycles. The molecule has 1 aliphatic carbocycles. The Balaban J connectivity index is 2.68. The Kier molecular flexibility index (Phi) is 3.06. The van der Waals surface area contributed by atoms with Crippen molar-refractivity contribution in [1.29, 1.82) is 0 Å². The summed E-state index contributed by atoms with van der Waals surface area (Å²) >= 11 is 0. The zero-order valence-corrected chi connectivity index (χ0v) is 9.69. The van der Waals surface area contributed by atoms with E-state index in [9.17, 15) is 0 Å². The van der Waals surface area contributed by atoms with Crippen molar-refractivity contribution in [1.82, 2.24) is 0 Å². The maximum absolute atomic E-state index is 6.49. The van der Waals surface area contributed by atoms with Crippen LogP contribution in [0.4, 0.5) is 0 Å². The van der Waals surface area contributed by atoms with Gasteiger partial charge in [-0.2, -0.15) is 0 Å². The maximum atomic E-state index is 6.49. The first kappa shape index (κ1) is 11.0. The quantitative estimate of drug-likeness (QED) is 0.698. The smallest absolute Gasteiger partial charge is 0.0185 e. The van der Waals surface area contributed by atoms with E-state index in [1.807, 2.05) is 0 Å². The number of rotatable bonds is 2. The van der Waals surface area contributed by atoms with Crippen molar-refractivity contribution in [3.63, 3.8) is 0 Å². The first-order valence-corrected chi connectivity index (χ1v) is 5.68. The molecule has 0 bridgehead atoms. The molecule has 78 valence electrons. The van der Waals surface area contributed by atoms with Gasteiger partial charge in [0.2, 0.25) is 0 Å². The highest BCUT2D eigenvalue weighted by molar-refractivity contribution is 4.96. The molecule has 0 aliphatic heterocycles. The van der Waals surface area contributed by atoms with Gasteiger partial charge in [0.25, 0.3) is 0 Å². The minimum atomic E-state index is 0.122. The second-order valence-electron chi connectivity index (χ2n) is 5.74. The van der Waals surface area contributed by atoms with Crippen LogP contribution in [0.2, 0.25) is 0 Å². The van der Waals surface area contributed by atoms with E-state index in [0.717, 1.165) is 0 Å². The van der Waals surface area contributed by atoms with Gasteiger partial charge in [0.1, 0.15) is 0 Å². The van der Waals surface area contributed by atoms with Gasteiger partial charge in [0.05, 0.1) is 0 Å². The second-order valence-corrected chi connectivity index (χ2v) is 5.74. The molecule has 0 aromatic heterocycles. The molecule has 13 heavy (non-hydrogen) atoms. The van der Waals surface area contributed by atoms with Crippen molar-refractivity contribution in [2.45, 2.75) is 65.3 Å². The Hall–Kier alpha value is -0.0400. The van der Waals surface area contributed by atoms with E-state index in [1.165, 1.54) is 32.1 Å². The highest BCUT2D eigenvalue weighted by Gasteiger charge is 2.39. The number of hydrogen-bond acceptors (Lipinski definition) is 1. The fraction of sp³-hybridized carbons (Fsp3) is 1.00. The molecule has 1 fully saturated rings. The number of nitrogens with two attached hydrogens (primary N) is 1. The van der Waals surface area contributed by atoms with E-state index >= 15 is 0 Å². The van der Waals surface area contributed by atoms with Crippen LogP contribution in [-0.2, 0) is 0 Å². The summed E-state index contributed by atoms with van der Waals surface area (Å²) in [5.41, 5.74) is 7.08. The van der Waals surface area contributed by atoms with Crippen molar-refractivity contribution in [3.8, 4) is 0 Å². The summed E-state index contributed by atoms with van der Waals surface area (Å²) in [6.07, 6.45) is 6.31. The topological polar surface area (TPSA) is 26.0 Å². The lowest BCUT2D eigenvalue weighted by molar-refractivity contribution is 0.106. The molecule has 1 aliphatic rings. The molecule has 1 saturated carbocycles. The summed E-state index contributed by atoms with van der Waals surface area (Å²) in [5, 5.41) is 0. The van der Waals surface area contributed by atoms with Crippen LogP contribution in [0.5, 0.6) is 0 Å². The summed E-state index contributed by atoms with van der Waals surface area (Å²) in [6.45, 7) is 9.27. The normalized spacial score (nSPS) is 35.8. The predicted octanol–water partition coefficient (Wildman–Crippen LogP) is 3.33. The standard InChI is InChI=1S/C12H25N/c1-5-10(2)12(13)8-6-7-11(3,4)9-12/h10H,5-9,13H2,1-4H3. The first-order chi connectivity index (χ1) is 5.90. The van der Waals surface area contributed by atoms with Gasteiger partial charge >= 0.3 is 0 Å². The molecule has 1 heteroatoms. The Morgan fingerprint density at radius 1 is 1.31 bits per heavy atom. The lowest BCUT2D eigenvalue weighted by Crippen LogP contribution is -2.51. The molecular weight excluding hydrogens is 158 g/mol. The van der Waals surface area contributed by atoms with E-state index in [1.54, 1.807) is 0 Å². The molecule has 0 saturated heterocycles. The van der Waals surface area contributed by atoms with E-state index in [4.69, 9.17) is 5.73 Å². The molecule has 2 N–H and O–H groups in total. The van der Waals surface area contributed by atoms with Gasteiger partial charge in [-0.3, -0.25) is 0 Å². The zero-order chi connectivity index (χ0) is 10.1. The summed E-state index contributed by atoms with van der Waals surface area (Å²) in [7, 11) is 0. The molecule has 0 spiro atoms. The van der Waals surface area contributed by atoms with Gasteiger partial charge in [-0.1, -0.05) is 40.5 Å². The minimum Gasteiger partial charge on any atom is -0.325 e. The SMILES string of the molecule is CCC(C)C1(N)CCCC(C)(C)C1. The third-order valence-electron chi connectivity index (χ3n) is 3.90. The lowest BCUT2D eigenvalue weighted by Gasteiger charge is -2.46. The van der Waals surface area contributed by atoms with Gasteiger partial charge in [0, 0.05) is 5.54 Å². The first-order valence-electron chi connectivity index (χ1n) is 5.68. The van der Waals surface area contributed by atoms with Crippen LogP contribution in [0.1, 0.15) is 59.8 Å². The van der Waals surface area contributed by atoms with Crippen LogP contribution in [0.15, 0.2) is 0 Å². The molecule has 1 nitrogen and oxygen atoms in total. The molecule has 0 aromatic rings. The Labute approximate surface area is 83.1 Å². The average molecular weight is 183 g/mol. The van der Waals surface area contributed by atoms with Crippen LogP contribution in [0, 0.1) is 11.3 Å². The summed E-state index contributed by atoms with van der Waals surface area (Å²) in [5.74, 6) is 0.673. The van der Waals surface area contributed by atoms with E-state index in [2.05, 4.69) is 27.7 Å². The fourth-order valence-corrected chi connectivity index (χ4v) is 2.79. The third-order valence-corrected chi connectivity index (χ3v) is 3.90. The van der Waals surface area contributed by atoms with Crippen LogP contribution in [-0.4, -0.2) is 5.54 Å². The predicted molar refractivity (Wildman–Crippen MR) is 58.6 cm³/mol. The molecular formula is C12H25N. The second kappa shape index (κ2) is 3.61. The average Bonchev–Trinajstić information content (AvgIpc) is 2.00. The maximum Gasteiger partial charge on any atom is 0.0185 e. The van der Waals surface area contributed by atoms with Crippen molar-refractivity contribution in [3.05, 3.63) is 0 Å². The Bertz CT molecular complexity index is 174. The fourth-order valence-electron chi connectivity index (χ4n) is 2.79. The monoisotopic (exact) mass is 183 g/mol. The van der Waals surface area contributed by atoms with Crippen LogP contribution in [0.3, 0.4) is 0 Å². The van der Waals surface area contributed by atoms with E-state index < -0.39 is 0 Å². The lowest BCUT2D eigenvalue weighted by atomic mass is 9.64. The zero-order valence-electron chi connectivity index (χ0n) is 9.69. The Morgan fingerprint density at radius 2 is 1.92 bits per heavy atom. The van der Waals surface area contributed by atoms with Crippen molar-refractivity contribution >= 4 is 0 Å². The van der Waals surface area contributed by atoms with Crippen LogP contribution < -0.4 is 5.73 Å². The van der Waals surface area contributed by atoms with E-state index in [0.29, 0.717) is 11.3 Å². The summed E-state index contributed by atoms with van der Waals surface area (Å²) in [4.78, 5) is 0. The number of hydrogen-bond donors (Lipinski definition) is 1. The molecule has 0 radical (unpaired) electrons. The molecule has 1 rings (SSSR count). The van der Waals surface area contributed by atoms with Crippen molar-refractivity contribution < 1.29 is 0 Å².